The van der Waals surface area contributed by atoms with E-state index in [0.29, 0.717) is 0 Å². The molecule has 0 aromatic carbocycles. The maximum atomic E-state index is 8.66. The van der Waals surface area contributed by atoms with Crippen LogP contribution in [0.4, 0.5) is 0 Å². The Morgan fingerprint density at radius 1 is 1.50 bits per heavy atom. The van der Waals surface area contributed by atoms with Gasteiger partial charge >= 0.3 is 0 Å². The van der Waals surface area contributed by atoms with Gasteiger partial charge in [-0.25, -0.2) is 5.32 Å². The number of rotatable bonds is 1. The van der Waals surface area contributed by atoms with Gasteiger partial charge < -0.3 is 5.11 Å². The highest BCUT2D eigenvalue weighted by Crippen LogP contribution is 1.91. The predicted octanol–water partition coefficient (Wildman–Crippen LogP) is -0.0510. The molecule has 0 spiro atoms. The Morgan fingerprint density at radius 3 is 1.67 bits per heavy atom. The minimum atomic E-state index is -0.833. The SMILES string of the molecule is C[N]C(C)(C)O. The van der Waals surface area contributed by atoms with E-state index >= 15 is 0 Å². The second kappa shape index (κ2) is 1.58. The summed E-state index contributed by atoms with van der Waals surface area (Å²) in [5, 5.41) is 12.2. The first-order valence-corrected chi connectivity index (χ1v) is 1.89. The van der Waals surface area contributed by atoms with Gasteiger partial charge in [-0.3, -0.25) is 0 Å². The van der Waals surface area contributed by atoms with Crippen molar-refractivity contribution in [3.63, 3.8) is 0 Å². The summed E-state index contributed by atoms with van der Waals surface area (Å²) in [6.07, 6.45) is 0. The second-order valence-corrected chi connectivity index (χ2v) is 1.72. The van der Waals surface area contributed by atoms with Crippen LogP contribution in [0.5, 0.6) is 0 Å². The van der Waals surface area contributed by atoms with Crippen LogP contribution in [0.15, 0.2) is 0 Å². The van der Waals surface area contributed by atoms with Crippen molar-refractivity contribution < 1.29 is 5.11 Å². The highest BCUT2D eigenvalue weighted by atomic mass is 16.3. The maximum Gasteiger partial charge on any atom is 0.125 e. The molecule has 2 nitrogen and oxygen atoms in total. The monoisotopic (exact) mass is 88.1 g/mol. The van der Waals surface area contributed by atoms with E-state index in [-0.39, 0.29) is 0 Å². The van der Waals surface area contributed by atoms with Crippen molar-refractivity contribution >= 4 is 0 Å². The summed E-state index contributed by atoms with van der Waals surface area (Å²) in [4.78, 5) is 0. The molecule has 1 N–H and O–H groups in total. The summed E-state index contributed by atoms with van der Waals surface area (Å²) in [6.45, 7) is 3.26. The molecular formula is C4H10NO. The number of nitrogens with zero attached hydrogens (tertiary/aromatic N) is 1. The summed E-state index contributed by atoms with van der Waals surface area (Å²) in [5.41, 5.74) is -0.833. The van der Waals surface area contributed by atoms with Crippen molar-refractivity contribution in [2.45, 2.75) is 19.6 Å². The van der Waals surface area contributed by atoms with E-state index < -0.39 is 5.72 Å². The predicted molar refractivity (Wildman–Crippen MR) is 24.4 cm³/mol. The van der Waals surface area contributed by atoms with Gasteiger partial charge in [-0.05, 0) is 13.8 Å². The molecule has 0 saturated heterocycles. The van der Waals surface area contributed by atoms with E-state index in [4.69, 9.17) is 5.11 Å². The highest BCUT2D eigenvalue weighted by molar-refractivity contribution is 4.53. The minimum Gasteiger partial charge on any atom is -0.375 e. The minimum absolute atomic E-state index is 0.833. The van der Waals surface area contributed by atoms with Gasteiger partial charge in [-0.1, -0.05) is 0 Å². The van der Waals surface area contributed by atoms with Gasteiger partial charge in [0.1, 0.15) is 5.72 Å². The third kappa shape index (κ3) is 3.92. The molecule has 0 aliphatic carbocycles. The van der Waals surface area contributed by atoms with Crippen LogP contribution in [0.1, 0.15) is 13.8 Å². The van der Waals surface area contributed by atoms with E-state index in [2.05, 4.69) is 5.32 Å². The lowest BCUT2D eigenvalue weighted by atomic mass is 10.3. The van der Waals surface area contributed by atoms with Crippen molar-refractivity contribution in [1.29, 1.82) is 0 Å². The fourth-order valence-electron chi connectivity index (χ4n) is 0. The third-order valence-electron chi connectivity index (χ3n) is 0.547. The molecule has 0 aliphatic heterocycles. The lowest BCUT2D eigenvalue weighted by Gasteiger charge is -2.11. The van der Waals surface area contributed by atoms with Crippen molar-refractivity contribution in [1.82, 2.24) is 5.32 Å². The Kier molecular flexibility index (Phi) is 1.56. The van der Waals surface area contributed by atoms with E-state index in [1.807, 2.05) is 0 Å². The van der Waals surface area contributed by atoms with Gasteiger partial charge in [0.25, 0.3) is 0 Å². The van der Waals surface area contributed by atoms with E-state index in [9.17, 15) is 0 Å². The lowest BCUT2D eigenvalue weighted by molar-refractivity contribution is 0.0483. The summed E-state index contributed by atoms with van der Waals surface area (Å²) in [5.74, 6) is 0. The van der Waals surface area contributed by atoms with Crippen molar-refractivity contribution in [3.05, 3.63) is 0 Å². The normalized spacial score (nSPS) is 12.0. The first-order chi connectivity index (χ1) is 2.56. The van der Waals surface area contributed by atoms with E-state index in [1.165, 1.54) is 0 Å². The Hall–Kier alpha value is -0.0800. The largest absolute Gasteiger partial charge is 0.375 e. The van der Waals surface area contributed by atoms with Crippen LogP contribution < -0.4 is 5.32 Å². The highest BCUT2D eigenvalue weighted by Gasteiger charge is 2.06. The van der Waals surface area contributed by atoms with Gasteiger partial charge in [0.05, 0.1) is 0 Å². The molecule has 6 heavy (non-hydrogen) atoms. The molecule has 0 fully saturated rings. The first kappa shape index (κ1) is 5.92. The number of aliphatic hydroxyl groups is 1. The van der Waals surface area contributed by atoms with Gasteiger partial charge in [0.2, 0.25) is 0 Å². The molecule has 0 atom stereocenters. The molecule has 0 aromatic heterocycles. The fraction of sp³-hybridized carbons (Fsp3) is 1.00. The Labute approximate surface area is 38.2 Å². The molecule has 0 unspecified atom stereocenters. The molecule has 0 aromatic rings. The average Bonchev–Trinajstić information content (AvgIpc) is 1.35. The first-order valence-electron chi connectivity index (χ1n) is 1.89. The summed E-state index contributed by atoms with van der Waals surface area (Å²) < 4.78 is 0. The third-order valence-corrected chi connectivity index (χ3v) is 0.547. The van der Waals surface area contributed by atoms with Crippen LogP contribution in [-0.4, -0.2) is 17.9 Å². The van der Waals surface area contributed by atoms with Crippen molar-refractivity contribution in [3.8, 4) is 0 Å². The fourth-order valence-corrected chi connectivity index (χ4v) is 0. The molecule has 0 saturated carbocycles. The average molecular weight is 88.1 g/mol. The van der Waals surface area contributed by atoms with Crippen LogP contribution in [0.2, 0.25) is 0 Å². The summed E-state index contributed by atoms with van der Waals surface area (Å²) in [6, 6.07) is 0. The summed E-state index contributed by atoms with van der Waals surface area (Å²) in [7, 11) is 1.58. The topological polar surface area (TPSA) is 34.3 Å². The van der Waals surface area contributed by atoms with E-state index in [0.717, 1.165) is 0 Å². The molecule has 0 rings (SSSR count). The van der Waals surface area contributed by atoms with Crippen molar-refractivity contribution in [2.75, 3.05) is 7.05 Å². The molecule has 1 radical (unpaired) electrons. The van der Waals surface area contributed by atoms with Crippen LogP contribution in [0.25, 0.3) is 0 Å². The quantitative estimate of drug-likeness (QED) is 0.479. The Morgan fingerprint density at radius 2 is 1.67 bits per heavy atom. The Balaban J connectivity index is 3.17. The molecule has 0 amide bonds. The molecule has 0 heterocycles. The zero-order chi connectivity index (χ0) is 5.21. The molecule has 0 bridgehead atoms. The van der Waals surface area contributed by atoms with Gasteiger partial charge in [0.15, 0.2) is 0 Å². The van der Waals surface area contributed by atoms with Crippen LogP contribution in [0, 0.1) is 0 Å². The van der Waals surface area contributed by atoms with E-state index in [1.54, 1.807) is 20.9 Å². The lowest BCUT2D eigenvalue weighted by Crippen LogP contribution is -2.28. The number of hydrogen-bond acceptors (Lipinski definition) is 1. The van der Waals surface area contributed by atoms with Gasteiger partial charge in [-0.15, -0.1) is 0 Å². The van der Waals surface area contributed by atoms with Crippen LogP contribution in [0.3, 0.4) is 0 Å². The molecular weight excluding hydrogens is 78.0 g/mol. The number of hydrogen-bond donors (Lipinski definition) is 1. The second-order valence-electron chi connectivity index (χ2n) is 1.72. The molecule has 37 valence electrons. The smallest absolute Gasteiger partial charge is 0.125 e. The summed E-state index contributed by atoms with van der Waals surface area (Å²) >= 11 is 0. The van der Waals surface area contributed by atoms with Crippen LogP contribution in [-0.2, 0) is 0 Å². The van der Waals surface area contributed by atoms with Crippen molar-refractivity contribution in [2.24, 2.45) is 0 Å². The van der Waals surface area contributed by atoms with Gasteiger partial charge in [-0.2, -0.15) is 0 Å². The molecule has 2 heteroatoms. The maximum absolute atomic E-state index is 8.66. The zero-order valence-electron chi connectivity index (χ0n) is 4.39. The molecule has 0 aliphatic rings. The zero-order valence-corrected chi connectivity index (χ0v) is 4.39. The Bertz CT molecular complexity index is 37.3. The standard InChI is InChI=1S/C4H10NO/c1-4(2,6)5-3/h6H,1-3H3. The van der Waals surface area contributed by atoms with Gasteiger partial charge in [0, 0.05) is 7.05 Å². The van der Waals surface area contributed by atoms with Crippen LogP contribution >= 0.6 is 0 Å².